The van der Waals surface area contributed by atoms with Gasteiger partial charge in [-0.3, -0.25) is 0 Å². The van der Waals surface area contributed by atoms with Crippen molar-refractivity contribution in [1.82, 2.24) is 4.57 Å². The maximum atomic E-state index is 2.61. The third-order valence-corrected chi connectivity index (χ3v) is 14.5. The van der Waals surface area contributed by atoms with Crippen LogP contribution in [0, 0.1) is 0 Å². The number of aromatic nitrogens is 1. The summed E-state index contributed by atoms with van der Waals surface area (Å²) in [6, 6.07) is 72.8. The van der Waals surface area contributed by atoms with Crippen LogP contribution in [0.15, 0.2) is 194 Å². The highest BCUT2D eigenvalue weighted by Crippen LogP contribution is 2.60. The van der Waals surface area contributed by atoms with Crippen LogP contribution in [0.2, 0.25) is 0 Å². The molecule has 1 atom stereocenters. The first-order valence-corrected chi connectivity index (χ1v) is 22.9. The van der Waals surface area contributed by atoms with E-state index in [2.05, 4.69) is 208 Å². The van der Waals surface area contributed by atoms with Gasteiger partial charge in [0.2, 0.25) is 0 Å². The molecule has 3 aliphatic carbocycles. The number of para-hydroxylation sites is 4. The highest BCUT2D eigenvalue weighted by Gasteiger charge is 2.49. The molecule has 8 aromatic carbocycles. The molecule has 3 aliphatic rings. The van der Waals surface area contributed by atoms with Crippen molar-refractivity contribution in [3.05, 3.63) is 222 Å². The number of aryl methyl sites for hydroxylation is 2. The molecule has 0 N–H and O–H groups in total. The van der Waals surface area contributed by atoms with Gasteiger partial charge in [0.15, 0.2) is 0 Å². The van der Waals surface area contributed by atoms with Crippen molar-refractivity contribution in [2.45, 2.75) is 69.1 Å². The van der Waals surface area contributed by atoms with Gasteiger partial charge in [-0.2, -0.15) is 0 Å². The second kappa shape index (κ2) is 15.3. The van der Waals surface area contributed by atoms with Crippen LogP contribution < -0.4 is 9.80 Å². The average Bonchev–Trinajstić information content (AvgIpc) is 4.03. The minimum absolute atomic E-state index is 0.145. The zero-order valence-corrected chi connectivity index (χ0v) is 35.3. The van der Waals surface area contributed by atoms with Gasteiger partial charge in [0.05, 0.1) is 22.4 Å². The van der Waals surface area contributed by atoms with Crippen LogP contribution in [0.5, 0.6) is 0 Å². The summed E-state index contributed by atoms with van der Waals surface area (Å²) in [5.74, 6) is 0.654. The summed E-state index contributed by atoms with van der Waals surface area (Å²) >= 11 is 0. The van der Waals surface area contributed by atoms with Crippen LogP contribution in [0.25, 0.3) is 27.5 Å². The van der Waals surface area contributed by atoms with E-state index in [1.165, 1.54) is 122 Å². The summed E-state index contributed by atoms with van der Waals surface area (Å²) in [5.41, 5.74) is 18.3. The molecule has 1 fully saturated rings. The number of nitrogens with zero attached hydrogens (tertiary/aromatic N) is 3. The second-order valence-corrected chi connectivity index (χ2v) is 17.9. The Bertz CT molecular complexity index is 3010. The van der Waals surface area contributed by atoms with Crippen molar-refractivity contribution in [2.24, 2.45) is 0 Å². The van der Waals surface area contributed by atoms with Gasteiger partial charge in [-0.25, -0.2) is 0 Å². The van der Waals surface area contributed by atoms with E-state index in [0.717, 1.165) is 25.7 Å². The summed E-state index contributed by atoms with van der Waals surface area (Å²) in [4.78, 5) is 5.11. The smallest absolute Gasteiger partial charge is 0.0542 e. The van der Waals surface area contributed by atoms with Gasteiger partial charge in [-0.05, 0) is 157 Å². The number of anilines is 6. The second-order valence-electron chi connectivity index (χ2n) is 17.9. The Morgan fingerprint density at radius 1 is 0.419 bits per heavy atom. The van der Waals surface area contributed by atoms with Gasteiger partial charge in [-0.15, -0.1) is 0 Å². The summed E-state index contributed by atoms with van der Waals surface area (Å²) in [6.07, 6.45) is 10.9. The maximum absolute atomic E-state index is 2.61. The lowest BCUT2D eigenvalue weighted by atomic mass is 9.74. The topological polar surface area (TPSA) is 11.4 Å². The molecule has 1 spiro atoms. The molecule has 0 unspecified atom stereocenters. The molecule has 1 heterocycles. The van der Waals surface area contributed by atoms with E-state index in [-0.39, 0.29) is 5.41 Å². The van der Waals surface area contributed by atoms with Crippen LogP contribution in [-0.2, 0) is 18.3 Å². The Morgan fingerprint density at radius 2 is 0.935 bits per heavy atom. The van der Waals surface area contributed by atoms with Crippen molar-refractivity contribution in [2.75, 3.05) is 9.80 Å². The zero-order chi connectivity index (χ0) is 41.0. The van der Waals surface area contributed by atoms with E-state index in [1.54, 1.807) is 0 Å². The van der Waals surface area contributed by atoms with E-state index < -0.39 is 0 Å². The molecular weight excluding hydrogens is 751 g/mol. The zero-order valence-electron chi connectivity index (χ0n) is 35.3. The average molecular weight is 802 g/mol. The monoisotopic (exact) mass is 801 g/mol. The molecule has 9 aromatic rings. The SMILES string of the molecule is c1ccc(N(c2ccccc2)c2cccc3c2[C@@]2(CC3)CCc3cccc(N(c4ccc(C5CCCCC5)cc4)c4ccc5c(c4)c4ccccc4n5-c4ccccc4)c32)cc1. The molecule has 0 amide bonds. The third-order valence-electron chi connectivity index (χ3n) is 14.5. The van der Waals surface area contributed by atoms with Crippen molar-refractivity contribution >= 4 is 55.9 Å². The summed E-state index contributed by atoms with van der Waals surface area (Å²) in [6.45, 7) is 0. The van der Waals surface area contributed by atoms with Gasteiger partial charge in [0.25, 0.3) is 0 Å². The minimum atomic E-state index is -0.145. The Morgan fingerprint density at radius 3 is 1.56 bits per heavy atom. The van der Waals surface area contributed by atoms with Gasteiger partial charge >= 0.3 is 0 Å². The number of benzene rings is 8. The van der Waals surface area contributed by atoms with E-state index in [0.29, 0.717) is 5.92 Å². The lowest BCUT2D eigenvalue weighted by Gasteiger charge is -2.37. The van der Waals surface area contributed by atoms with Crippen LogP contribution in [0.1, 0.15) is 78.7 Å². The molecule has 3 heteroatoms. The predicted octanol–water partition coefficient (Wildman–Crippen LogP) is 15.9. The van der Waals surface area contributed by atoms with Gasteiger partial charge < -0.3 is 14.4 Å². The predicted molar refractivity (Wildman–Crippen MR) is 260 cm³/mol. The van der Waals surface area contributed by atoms with E-state index in [9.17, 15) is 0 Å². The molecular formula is C59H51N3. The van der Waals surface area contributed by atoms with Crippen molar-refractivity contribution in [1.29, 1.82) is 0 Å². The van der Waals surface area contributed by atoms with Crippen LogP contribution in [0.4, 0.5) is 34.1 Å². The van der Waals surface area contributed by atoms with Gasteiger partial charge in [-0.1, -0.05) is 128 Å². The van der Waals surface area contributed by atoms with Crippen LogP contribution in [-0.4, -0.2) is 4.57 Å². The van der Waals surface area contributed by atoms with E-state index in [1.807, 2.05) is 0 Å². The number of fused-ring (bicyclic) bond motifs is 7. The Kier molecular flexibility index (Phi) is 9.10. The Hall–Kier alpha value is -6.84. The quantitative estimate of drug-likeness (QED) is 0.152. The fraction of sp³-hybridized carbons (Fsp3) is 0.186. The summed E-state index contributed by atoms with van der Waals surface area (Å²) in [7, 11) is 0. The highest BCUT2D eigenvalue weighted by molar-refractivity contribution is 6.10. The molecule has 62 heavy (non-hydrogen) atoms. The van der Waals surface area contributed by atoms with E-state index >= 15 is 0 Å². The molecule has 0 saturated heterocycles. The van der Waals surface area contributed by atoms with Crippen LogP contribution >= 0.6 is 0 Å². The first-order valence-electron chi connectivity index (χ1n) is 22.9. The van der Waals surface area contributed by atoms with Gasteiger partial charge in [0.1, 0.15) is 0 Å². The molecule has 0 aliphatic heterocycles. The highest BCUT2D eigenvalue weighted by atomic mass is 15.2. The number of hydrogen-bond acceptors (Lipinski definition) is 2. The third kappa shape index (κ3) is 6.01. The summed E-state index contributed by atoms with van der Waals surface area (Å²) in [5, 5.41) is 2.54. The molecule has 1 saturated carbocycles. The Labute approximate surface area is 365 Å². The first kappa shape index (κ1) is 37.0. The molecule has 3 nitrogen and oxygen atoms in total. The molecule has 0 radical (unpaired) electrons. The molecule has 12 rings (SSSR count). The van der Waals surface area contributed by atoms with Crippen molar-refractivity contribution in [3.8, 4) is 5.69 Å². The fourth-order valence-electron chi connectivity index (χ4n) is 11.8. The molecule has 0 bridgehead atoms. The lowest BCUT2D eigenvalue weighted by Crippen LogP contribution is -2.27. The molecule has 1 aromatic heterocycles. The molecule has 302 valence electrons. The lowest BCUT2D eigenvalue weighted by molar-refractivity contribution is 0.443. The van der Waals surface area contributed by atoms with Crippen molar-refractivity contribution < 1.29 is 0 Å². The minimum Gasteiger partial charge on any atom is -0.310 e. The van der Waals surface area contributed by atoms with E-state index in [4.69, 9.17) is 0 Å². The number of rotatable bonds is 8. The number of hydrogen-bond donors (Lipinski definition) is 0. The first-order chi connectivity index (χ1) is 30.7. The standard InChI is InChI=1S/C59H51N3/c1-5-17-42(18-6-1)43-31-33-49(34-32-43)61(50-35-36-54-52(41-50)51-27-13-14-28-53(51)62(54)48-25-11-4-12-26-48)56-30-16-20-45-38-40-59(58(45)56)39-37-44-19-15-29-55(57(44)59)60(46-21-7-2-8-22-46)47-23-9-3-10-24-47/h2-4,7-16,19-36,41-42H,1,5-6,17-18,37-40H2/t59-/m1/s1. The van der Waals surface area contributed by atoms with Crippen molar-refractivity contribution in [3.63, 3.8) is 0 Å². The summed E-state index contributed by atoms with van der Waals surface area (Å²) < 4.78 is 2.43. The van der Waals surface area contributed by atoms with Crippen LogP contribution in [0.3, 0.4) is 0 Å². The van der Waals surface area contributed by atoms with Gasteiger partial charge in [0, 0.05) is 44.6 Å². The fourth-order valence-corrected chi connectivity index (χ4v) is 11.8. The Balaban J connectivity index is 1.07. The maximum Gasteiger partial charge on any atom is 0.0542 e. The normalized spacial score (nSPS) is 17.1. The largest absolute Gasteiger partial charge is 0.310 e.